The molecule has 3 heterocycles. The summed E-state index contributed by atoms with van der Waals surface area (Å²) in [4.78, 5) is 7.19. The van der Waals surface area contributed by atoms with Gasteiger partial charge in [0.2, 0.25) is 0 Å². The molecule has 4 rings (SSSR count). The van der Waals surface area contributed by atoms with E-state index >= 15 is 0 Å². The van der Waals surface area contributed by atoms with Crippen molar-refractivity contribution in [2.45, 2.75) is 31.7 Å². The van der Waals surface area contributed by atoms with E-state index in [1.54, 1.807) is 0 Å². The molecule has 0 amide bonds. The van der Waals surface area contributed by atoms with Gasteiger partial charge in [-0.3, -0.25) is 0 Å². The average molecular weight is 271 g/mol. The first-order valence-corrected chi connectivity index (χ1v) is 7.67. The highest BCUT2D eigenvalue weighted by Gasteiger charge is 2.33. The summed E-state index contributed by atoms with van der Waals surface area (Å²) in [5.41, 5.74) is 1.13. The van der Waals surface area contributed by atoms with Crippen LogP contribution < -0.4 is 10.2 Å². The lowest BCUT2D eigenvalue weighted by atomic mass is 9.97. The van der Waals surface area contributed by atoms with Crippen LogP contribution in [0.4, 0.5) is 5.82 Å². The number of piperidine rings is 1. The molecule has 20 heavy (non-hydrogen) atoms. The van der Waals surface area contributed by atoms with Crippen molar-refractivity contribution in [2.24, 2.45) is 5.92 Å². The van der Waals surface area contributed by atoms with Crippen LogP contribution in [0, 0.1) is 5.92 Å². The molecule has 2 aliphatic rings. The lowest BCUT2D eigenvalue weighted by molar-refractivity contribution is 0.372. The number of nitrogens with zero attached hydrogens (tertiary/aromatic N) is 4. The molecule has 0 spiro atoms. The van der Waals surface area contributed by atoms with Crippen LogP contribution in [0.5, 0.6) is 0 Å². The molecule has 0 radical (unpaired) electrons. The summed E-state index contributed by atoms with van der Waals surface area (Å²) in [7, 11) is 0. The number of nitrogens with one attached hydrogen (secondary N) is 1. The molecule has 2 aromatic rings. The van der Waals surface area contributed by atoms with E-state index in [-0.39, 0.29) is 0 Å². The van der Waals surface area contributed by atoms with Crippen LogP contribution in [0.15, 0.2) is 24.7 Å². The molecule has 2 aromatic heterocycles. The maximum atomic E-state index is 4.66. The van der Waals surface area contributed by atoms with Gasteiger partial charge in [-0.1, -0.05) is 0 Å². The van der Waals surface area contributed by atoms with Crippen molar-refractivity contribution in [3.05, 3.63) is 24.7 Å². The summed E-state index contributed by atoms with van der Waals surface area (Å²) in [5.74, 6) is 1.91. The van der Waals surface area contributed by atoms with Crippen LogP contribution in [0.3, 0.4) is 0 Å². The number of rotatable bonds is 4. The normalized spacial score (nSPS) is 20.4. The highest BCUT2D eigenvalue weighted by Crippen LogP contribution is 2.34. The van der Waals surface area contributed by atoms with Crippen LogP contribution in [-0.4, -0.2) is 40.3 Å². The van der Waals surface area contributed by atoms with Crippen molar-refractivity contribution >= 4 is 11.3 Å². The molecular weight excluding hydrogens is 250 g/mol. The third-order valence-electron chi connectivity index (χ3n) is 4.48. The van der Waals surface area contributed by atoms with Crippen molar-refractivity contribution in [3.8, 4) is 0 Å². The van der Waals surface area contributed by atoms with E-state index in [1.807, 2.05) is 23.1 Å². The minimum atomic E-state index is 0.693. The van der Waals surface area contributed by atoms with Crippen LogP contribution in [0.2, 0.25) is 0 Å². The molecule has 0 unspecified atom stereocenters. The number of hydrogen-bond acceptors (Lipinski definition) is 4. The second-order valence-corrected chi connectivity index (χ2v) is 5.99. The quantitative estimate of drug-likeness (QED) is 0.919. The van der Waals surface area contributed by atoms with Gasteiger partial charge in [0, 0.05) is 25.0 Å². The summed E-state index contributed by atoms with van der Waals surface area (Å²) in [6, 6.07) is 2.76. The third-order valence-corrected chi connectivity index (χ3v) is 4.48. The molecule has 1 N–H and O–H groups in total. The number of anilines is 1. The van der Waals surface area contributed by atoms with E-state index in [2.05, 4.69) is 26.4 Å². The summed E-state index contributed by atoms with van der Waals surface area (Å²) < 4.78 is 1.93. The Morgan fingerprint density at radius 3 is 2.85 bits per heavy atom. The van der Waals surface area contributed by atoms with Gasteiger partial charge in [0.15, 0.2) is 5.82 Å². The highest BCUT2D eigenvalue weighted by atomic mass is 15.3. The summed E-state index contributed by atoms with van der Waals surface area (Å²) >= 11 is 0. The predicted molar refractivity (Wildman–Crippen MR) is 78.9 cm³/mol. The van der Waals surface area contributed by atoms with Crippen molar-refractivity contribution < 1.29 is 0 Å². The second-order valence-electron chi connectivity index (χ2n) is 5.99. The van der Waals surface area contributed by atoms with Gasteiger partial charge in [0.05, 0.1) is 6.20 Å². The Morgan fingerprint density at radius 1 is 1.20 bits per heavy atom. The summed E-state index contributed by atoms with van der Waals surface area (Å²) in [5, 5.41) is 7.78. The van der Waals surface area contributed by atoms with Crippen LogP contribution in [-0.2, 0) is 0 Å². The SMILES string of the molecule is c1cn2nccc2c(N(CC2CCNCC2)C2CC2)n1. The number of aromatic nitrogens is 3. The van der Waals surface area contributed by atoms with E-state index < -0.39 is 0 Å². The van der Waals surface area contributed by atoms with E-state index in [0.717, 1.165) is 36.9 Å². The first-order valence-electron chi connectivity index (χ1n) is 7.67. The van der Waals surface area contributed by atoms with Crippen LogP contribution >= 0.6 is 0 Å². The molecule has 5 heteroatoms. The van der Waals surface area contributed by atoms with E-state index in [9.17, 15) is 0 Å². The average Bonchev–Trinajstić information content (AvgIpc) is 3.22. The molecule has 0 atom stereocenters. The van der Waals surface area contributed by atoms with Crippen molar-refractivity contribution in [2.75, 3.05) is 24.5 Å². The smallest absolute Gasteiger partial charge is 0.154 e. The van der Waals surface area contributed by atoms with Crippen molar-refractivity contribution in [1.82, 2.24) is 19.9 Å². The van der Waals surface area contributed by atoms with E-state index in [0.29, 0.717) is 6.04 Å². The lowest BCUT2D eigenvalue weighted by Crippen LogP contribution is -2.37. The standard InChI is InChI=1S/C15H21N5/c1-2-13(1)19(11-12-3-6-16-7-4-12)15-14-5-8-18-20(14)10-9-17-15/h5,8-10,12-13,16H,1-4,6-7,11H2. The Bertz CT molecular complexity index is 583. The highest BCUT2D eigenvalue weighted by molar-refractivity contribution is 5.69. The Morgan fingerprint density at radius 2 is 2.05 bits per heavy atom. The van der Waals surface area contributed by atoms with Gasteiger partial charge >= 0.3 is 0 Å². The van der Waals surface area contributed by atoms with E-state index in [4.69, 9.17) is 0 Å². The Labute approximate surface area is 119 Å². The molecule has 1 saturated carbocycles. The maximum absolute atomic E-state index is 4.66. The zero-order valence-corrected chi connectivity index (χ0v) is 11.7. The van der Waals surface area contributed by atoms with E-state index in [1.165, 1.54) is 25.7 Å². The largest absolute Gasteiger partial charge is 0.352 e. The fraction of sp³-hybridized carbons (Fsp3) is 0.600. The Balaban J connectivity index is 1.63. The zero-order valence-electron chi connectivity index (χ0n) is 11.7. The second kappa shape index (κ2) is 5.05. The minimum Gasteiger partial charge on any atom is -0.352 e. The summed E-state index contributed by atoms with van der Waals surface area (Å²) in [6.07, 6.45) is 10.8. The first kappa shape index (κ1) is 12.1. The molecule has 106 valence electrons. The van der Waals surface area contributed by atoms with Gasteiger partial charge in [0.1, 0.15) is 5.52 Å². The predicted octanol–water partition coefficient (Wildman–Crippen LogP) is 1.70. The zero-order chi connectivity index (χ0) is 13.4. The monoisotopic (exact) mass is 271 g/mol. The van der Waals surface area contributed by atoms with Gasteiger partial charge in [-0.2, -0.15) is 5.10 Å². The first-order chi connectivity index (χ1) is 9.92. The Hall–Kier alpha value is -1.62. The third kappa shape index (κ3) is 2.26. The van der Waals surface area contributed by atoms with Gasteiger partial charge in [0.25, 0.3) is 0 Å². The van der Waals surface area contributed by atoms with Crippen molar-refractivity contribution in [1.29, 1.82) is 0 Å². The topological polar surface area (TPSA) is 45.5 Å². The van der Waals surface area contributed by atoms with Crippen LogP contribution in [0.1, 0.15) is 25.7 Å². The van der Waals surface area contributed by atoms with Crippen molar-refractivity contribution in [3.63, 3.8) is 0 Å². The summed E-state index contributed by atoms with van der Waals surface area (Å²) in [6.45, 7) is 3.46. The molecule has 0 aromatic carbocycles. The van der Waals surface area contributed by atoms with Gasteiger partial charge in [-0.05, 0) is 50.8 Å². The van der Waals surface area contributed by atoms with Gasteiger partial charge < -0.3 is 10.2 Å². The lowest BCUT2D eigenvalue weighted by Gasteiger charge is -2.31. The maximum Gasteiger partial charge on any atom is 0.154 e. The molecule has 1 saturated heterocycles. The van der Waals surface area contributed by atoms with Gasteiger partial charge in [-0.15, -0.1) is 0 Å². The molecule has 5 nitrogen and oxygen atoms in total. The Kier molecular flexibility index (Phi) is 3.07. The number of hydrogen-bond donors (Lipinski definition) is 1. The fourth-order valence-corrected chi connectivity index (χ4v) is 3.20. The molecule has 1 aliphatic carbocycles. The molecule has 1 aliphatic heterocycles. The van der Waals surface area contributed by atoms with Crippen LogP contribution in [0.25, 0.3) is 5.52 Å². The van der Waals surface area contributed by atoms with Gasteiger partial charge in [-0.25, -0.2) is 9.50 Å². The fourth-order valence-electron chi connectivity index (χ4n) is 3.20. The molecular formula is C15H21N5. The molecule has 0 bridgehead atoms. The molecule has 2 fully saturated rings. The number of fused-ring (bicyclic) bond motifs is 1. The minimum absolute atomic E-state index is 0.693.